The van der Waals surface area contributed by atoms with E-state index in [1.165, 1.54) is 0 Å². The van der Waals surface area contributed by atoms with E-state index >= 15 is 0 Å². The highest BCUT2D eigenvalue weighted by molar-refractivity contribution is 5.79. The zero-order valence-electron chi connectivity index (χ0n) is 9.37. The van der Waals surface area contributed by atoms with E-state index in [1.54, 1.807) is 0 Å². The molecule has 2 saturated heterocycles. The molecule has 0 aliphatic carbocycles. The summed E-state index contributed by atoms with van der Waals surface area (Å²) in [4.78, 5) is 13.8. The van der Waals surface area contributed by atoms with Gasteiger partial charge in [-0.15, -0.1) is 0 Å². The summed E-state index contributed by atoms with van der Waals surface area (Å²) in [5, 5.41) is 3.22. The zero-order chi connectivity index (χ0) is 10.7. The molecule has 0 spiro atoms. The van der Waals surface area contributed by atoms with Crippen molar-refractivity contribution in [1.29, 1.82) is 0 Å². The van der Waals surface area contributed by atoms with Gasteiger partial charge in [0.25, 0.3) is 0 Å². The van der Waals surface area contributed by atoms with Crippen LogP contribution in [0, 0.1) is 5.92 Å². The number of hydrogen-bond acceptors (Lipinski definition) is 3. The van der Waals surface area contributed by atoms with E-state index in [4.69, 9.17) is 4.74 Å². The fourth-order valence-corrected chi connectivity index (χ4v) is 2.36. The molecule has 2 atom stereocenters. The molecule has 0 saturated carbocycles. The van der Waals surface area contributed by atoms with Crippen LogP contribution < -0.4 is 5.32 Å². The Morgan fingerprint density at radius 1 is 1.53 bits per heavy atom. The molecule has 1 N–H and O–H groups in total. The van der Waals surface area contributed by atoms with Crippen molar-refractivity contribution in [1.82, 2.24) is 10.2 Å². The molecule has 0 aromatic heterocycles. The fourth-order valence-electron chi connectivity index (χ4n) is 2.36. The van der Waals surface area contributed by atoms with Crippen molar-refractivity contribution >= 4 is 5.91 Å². The maximum absolute atomic E-state index is 12.0. The molecular formula is C11H20N2O2. The number of ether oxygens (including phenoxy) is 1. The molecule has 4 heteroatoms. The van der Waals surface area contributed by atoms with Crippen LogP contribution in [0.4, 0.5) is 0 Å². The molecule has 0 bridgehead atoms. The van der Waals surface area contributed by atoms with Crippen LogP contribution in [0.2, 0.25) is 0 Å². The summed E-state index contributed by atoms with van der Waals surface area (Å²) in [7, 11) is 1.89. The van der Waals surface area contributed by atoms with E-state index in [-0.39, 0.29) is 17.9 Å². The molecule has 1 unspecified atom stereocenters. The molecule has 2 heterocycles. The number of nitrogens with zero attached hydrogens (tertiary/aromatic N) is 1. The molecule has 2 rings (SSSR count). The summed E-state index contributed by atoms with van der Waals surface area (Å²) in [6.45, 7) is 3.44. The molecule has 1 amide bonds. The van der Waals surface area contributed by atoms with E-state index in [0.717, 1.165) is 45.5 Å². The minimum absolute atomic E-state index is 0.191. The lowest BCUT2D eigenvalue weighted by Crippen LogP contribution is -2.38. The van der Waals surface area contributed by atoms with Gasteiger partial charge in [-0.1, -0.05) is 0 Å². The minimum atomic E-state index is 0.191. The number of carbonyl (C=O) groups is 1. The molecule has 4 nitrogen and oxygen atoms in total. The van der Waals surface area contributed by atoms with Crippen molar-refractivity contribution in [3.63, 3.8) is 0 Å². The summed E-state index contributed by atoms with van der Waals surface area (Å²) in [6.07, 6.45) is 3.49. The first-order chi connectivity index (χ1) is 7.27. The highest BCUT2D eigenvalue weighted by atomic mass is 16.5. The van der Waals surface area contributed by atoms with Crippen molar-refractivity contribution in [3.05, 3.63) is 0 Å². The summed E-state index contributed by atoms with van der Waals surface area (Å²) in [5.41, 5.74) is 0. The monoisotopic (exact) mass is 212 g/mol. The lowest BCUT2D eigenvalue weighted by atomic mass is 10.1. The smallest absolute Gasteiger partial charge is 0.226 e. The Bertz CT molecular complexity index is 221. The van der Waals surface area contributed by atoms with Crippen molar-refractivity contribution in [2.24, 2.45) is 5.92 Å². The normalized spacial score (nSPS) is 30.7. The quantitative estimate of drug-likeness (QED) is 0.728. The maximum atomic E-state index is 12.0. The van der Waals surface area contributed by atoms with Crippen LogP contribution in [-0.4, -0.2) is 50.2 Å². The molecule has 86 valence electrons. The van der Waals surface area contributed by atoms with Crippen molar-refractivity contribution in [3.8, 4) is 0 Å². The Kier molecular flexibility index (Phi) is 3.59. The molecule has 0 radical (unpaired) electrons. The van der Waals surface area contributed by atoms with Crippen LogP contribution in [0.5, 0.6) is 0 Å². The SMILES string of the molecule is CN(CC1CCCO1)C(=O)[C@H]1CCNC1. The third-order valence-electron chi connectivity index (χ3n) is 3.29. The highest BCUT2D eigenvalue weighted by Gasteiger charge is 2.27. The van der Waals surface area contributed by atoms with Crippen molar-refractivity contribution in [2.75, 3.05) is 33.3 Å². The lowest BCUT2D eigenvalue weighted by molar-refractivity contribution is -0.134. The number of likely N-dealkylation sites (N-methyl/N-ethyl adjacent to an activating group) is 1. The van der Waals surface area contributed by atoms with Crippen LogP contribution in [0.1, 0.15) is 19.3 Å². The van der Waals surface area contributed by atoms with Gasteiger partial charge in [-0.05, 0) is 25.8 Å². The van der Waals surface area contributed by atoms with Gasteiger partial charge in [0.15, 0.2) is 0 Å². The first-order valence-corrected chi connectivity index (χ1v) is 5.84. The summed E-state index contributed by atoms with van der Waals surface area (Å²) in [5.74, 6) is 0.465. The van der Waals surface area contributed by atoms with E-state index in [9.17, 15) is 4.79 Å². The Morgan fingerprint density at radius 2 is 2.40 bits per heavy atom. The number of nitrogens with one attached hydrogen (secondary N) is 1. The van der Waals surface area contributed by atoms with E-state index < -0.39 is 0 Å². The fraction of sp³-hybridized carbons (Fsp3) is 0.909. The summed E-state index contributed by atoms with van der Waals surface area (Å²) >= 11 is 0. The van der Waals surface area contributed by atoms with Gasteiger partial charge in [0.05, 0.1) is 12.0 Å². The predicted octanol–water partition coefficient (Wildman–Crippen LogP) is 0.233. The largest absolute Gasteiger partial charge is 0.376 e. The van der Waals surface area contributed by atoms with Crippen LogP contribution >= 0.6 is 0 Å². The van der Waals surface area contributed by atoms with Crippen molar-refractivity contribution < 1.29 is 9.53 Å². The first-order valence-electron chi connectivity index (χ1n) is 5.84. The summed E-state index contributed by atoms with van der Waals surface area (Å²) in [6, 6.07) is 0. The molecule has 0 aromatic carbocycles. The molecular weight excluding hydrogens is 192 g/mol. The molecule has 2 fully saturated rings. The second-order valence-corrected chi connectivity index (χ2v) is 4.54. The standard InChI is InChI=1S/C11H20N2O2/c1-13(8-10-3-2-6-15-10)11(14)9-4-5-12-7-9/h9-10,12H,2-8H2,1H3/t9-,10?/m0/s1. The van der Waals surface area contributed by atoms with Gasteiger partial charge in [-0.2, -0.15) is 0 Å². The van der Waals surface area contributed by atoms with Crippen LogP contribution in [0.15, 0.2) is 0 Å². The molecule has 2 aliphatic heterocycles. The lowest BCUT2D eigenvalue weighted by Gasteiger charge is -2.23. The minimum Gasteiger partial charge on any atom is -0.376 e. The Labute approximate surface area is 91.0 Å². The third kappa shape index (κ3) is 2.69. The second-order valence-electron chi connectivity index (χ2n) is 4.54. The van der Waals surface area contributed by atoms with E-state index in [0.29, 0.717) is 0 Å². The van der Waals surface area contributed by atoms with Gasteiger partial charge < -0.3 is 15.0 Å². The topological polar surface area (TPSA) is 41.6 Å². The van der Waals surface area contributed by atoms with Crippen LogP contribution in [0.25, 0.3) is 0 Å². The maximum Gasteiger partial charge on any atom is 0.226 e. The number of rotatable bonds is 3. The van der Waals surface area contributed by atoms with Gasteiger partial charge in [-0.25, -0.2) is 0 Å². The zero-order valence-corrected chi connectivity index (χ0v) is 9.37. The average molecular weight is 212 g/mol. The van der Waals surface area contributed by atoms with Gasteiger partial charge in [-0.3, -0.25) is 4.79 Å². The Morgan fingerprint density at radius 3 is 3.00 bits per heavy atom. The van der Waals surface area contributed by atoms with E-state index in [2.05, 4.69) is 5.32 Å². The van der Waals surface area contributed by atoms with Gasteiger partial charge in [0.1, 0.15) is 0 Å². The van der Waals surface area contributed by atoms with Gasteiger partial charge in [0.2, 0.25) is 5.91 Å². The predicted molar refractivity (Wildman–Crippen MR) is 57.6 cm³/mol. The van der Waals surface area contributed by atoms with E-state index in [1.807, 2.05) is 11.9 Å². The van der Waals surface area contributed by atoms with Crippen molar-refractivity contribution in [2.45, 2.75) is 25.4 Å². The van der Waals surface area contributed by atoms with Crippen LogP contribution in [0.3, 0.4) is 0 Å². The second kappa shape index (κ2) is 4.94. The van der Waals surface area contributed by atoms with Gasteiger partial charge in [0, 0.05) is 26.7 Å². The molecule has 15 heavy (non-hydrogen) atoms. The number of carbonyl (C=O) groups excluding carboxylic acids is 1. The third-order valence-corrected chi connectivity index (χ3v) is 3.29. The summed E-state index contributed by atoms with van der Waals surface area (Å²) < 4.78 is 5.53. The number of amides is 1. The molecule has 2 aliphatic rings. The number of hydrogen-bond donors (Lipinski definition) is 1. The Hall–Kier alpha value is -0.610. The highest BCUT2D eigenvalue weighted by Crippen LogP contribution is 2.15. The van der Waals surface area contributed by atoms with Crippen LogP contribution in [-0.2, 0) is 9.53 Å². The average Bonchev–Trinajstić information content (AvgIpc) is 2.88. The van der Waals surface area contributed by atoms with Gasteiger partial charge >= 0.3 is 0 Å². The Balaban J connectivity index is 1.78. The first kappa shape index (κ1) is 10.9. The molecule has 0 aromatic rings.